The van der Waals surface area contributed by atoms with Gasteiger partial charge in [0.25, 0.3) is 10.2 Å². The van der Waals surface area contributed by atoms with Crippen molar-refractivity contribution < 1.29 is 35.2 Å². The predicted molar refractivity (Wildman–Crippen MR) is 154 cm³/mol. The molecule has 0 saturated carbocycles. The minimum Gasteiger partial charge on any atom is -0.314 e. The maximum absolute atomic E-state index is 15.1. The van der Waals surface area contributed by atoms with Crippen molar-refractivity contribution in [1.29, 1.82) is 0 Å². The molecule has 0 bridgehead atoms. The van der Waals surface area contributed by atoms with Crippen LogP contribution in [-0.2, 0) is 27.8 Å². The number of ketones is 1. The van der Waals surface area contributed by atoms with Gasteiger partial charge < -0.3 is 5.32 Å². The van der Waals surface area contributed by atoms with Crippen molar-refractivity contribution in [2.75, 3.05) is 32.7 Å². The number of alkyl halides is 1. The molecule has 44 heavy (non-hydrogen) atoms. The third-order valence-electron chi connectivity index (χ3n) is 8.21. The number of carbonyl (C=O) groups excluding carboxylic acids is 1. The minimum absolute atomic E-state index is 0.104. The van der Waals surface area contributed by atoms with E-state index in [2.05, 4.69) is 10.3 Å². The Balaban J connectivity index is 1.33. The quantitative estimate of drug-likeness (QED) is 0.315. The highest BCUT2D eigenvalue weighted by Crippen LogP contribution is 2.31. The lowest BCUT2D eigenvalue weighted by molar-refractivity contribution is -0.118. The highest BCUT2D eigenvalue weighted by molar-refractivity contribution is 7.86. The van der Waals surface area contributed by atoms with E-state index in [1.54, 1.807) is 0 Å². The number of pyridine rings is 1. The van der Waals surface area contributed by atoms with Crippen molar-refractivity contribution in [2.24, 2.45) is 0 Å². The molecule has 1 aromatic heterocycles. The molecular formula is C31H33F5N4O3S. The van der Waals surface area contributed by atoms with Crippen LogP contribution in [0.5, 0.6) is 0 Å². The van der Waals surface area contributed by atoms with Crippen LogP contribution in [0.3, 0.4) is 0 Å². The van der Waals surface area contributed by atoms with Crippen LogP contribution in [0.25, 0.3) is 0 Å². The number of piperazine rings is 1. The zero-order valence-corrected chi connectivity index (χ0v) is 24.7. The van der Waals surface area contributed by atoms with Crippen LogP contribution in [0.1, 0.15) is 47.4 Å². The zero-order valence-electron chi connectivity index (χ0n) is 23.9. The molecule has 3 heterocycles. The van der Waals surface area contributed by atoms with E-state index >= 15 is 4.39 Å². The first-order valence-corrected chi connectivity index (χ1v) is 15.9. The second kappa shape index (κ2) is 13.8. The average Bonchev–Trinajstić information content (AvgIpc) is 3.43. The van der Waals surface area contributed by atoms with E-state index in [0.717, 1.165) is 28.7 Å². The first-order chi connectivity index (χ1) is 21.0. The number of rotatable bonds is 11. The number of hydrogen-bond donors (Lipinski definition) is 1. The van der Waals surface area contributed by atoms with Crippen molar-refractivity contribution in [3.63, 3.8) is 0 Å². The van der Waals surface area contributed by atoms with E-state index in [1.165, 1.54) is 34.8 Å². The molecule has 0 radical (unpaired) electrons. The highest BCUT2D eigenvalue weighted by Gasteiger charge is 2.40. The van der Waals surface area contributed by atoms with Crippen molar-refractivity contribution >= 4 is 16.0 Å². The number of aromatic nitrogens is 1. The van der Waals surface area contributed by atoms with Gasteiger partial charge in [-0.15, -0.1) is 0 Å². The van der Waals surface area contributed by atoms with Crippen LogP contribution in [-0.4, -0.2) is 72.7 Å². The molecule has 0 spiro atoms. The SMILES string of the molecule is O=C(Cc1cncc(F)c1CC[C@H]1CNCCN1S(=O)(=O)N1CC[C@@H](F)C1)C[C@@H](c1ccc(F)cc1)c1cc(F)cc(F)c1. The Morgan fingerprint density at radius 3 is 2.39 bits per heavy atom. The zero-order chi connectivity index (χ0) is 31.4. The van der Waals surface area contributed by atoms with E-state index in [-0.39, 0.29) is 68.6 Å². The second-order valence-electron chi connectivity index (χ2n) is 11.2. The Morgan fingerprint density at radius 1 is 0.977 bits per heavy atom. The fraction of sp³-hybridized carbons (Fsp3) is 0.419. The average molecular weight is 637 g/mol. The molecule has 3 atom stereocenters. The van der Waals surface area contributed by atoms with Gasteiger partial charge in [0.2, 0.25) is 0 Å². The Bertz CT molecular complexity index is 1570. The van der Waals surface area contributed by atoms with Gasteiger partial charge in [-0.1, -0.05) is 12.1 Å². The fourth-order valence-corrected chi connectivity index (χ4v) is 7.86. The number of nitrogens with one attached hydrogen (secondary N) is 1. The monoisotopic (exact) mass is 636 g/mol. The molecule has 236 valence electrons. The van der Waals surface area contributed by atoms with E-state index in [9.17, 15) is 30.8 Å². The number of halogens is 5. The smallest absolute Gasteiger partial charge is 0.282 e. The first-order valence-electron chi connectivity index (χ1n) is 14.5. The Kier molecular flexibility index (Phi) is 10.1. The summed E-state index contributed by atoms with van der Waals surface area (Å²) in [6.07, 6.45) is 1.26. The summed E-state index contributed by atoms with van der Waals surface area (Å²) in [5, 5.41) is 3.16. The van der Waals surface area contributed by atoms with Gasteiger partial charge in [0.15, 0.2) is 0 Å². The highest BCUT2D eigenvalue weighted by atomic mass is 32.2. The van der Waals surface area contributed by atoms with Crippen molar-refractivity contribution in [2.45, 2.75) is 50.2 Å². The molecule has 3 aromatic rings. The third-order valence-corrected chi connectivity index (χ3v) is 10.3. The van der Waals surface area contributed by atoms with Crippen LogP contribution in [0, 0.1) is 23.3 Å². The van der Waals surface area contributed by atoms with Crippen molar-refractivity contribution in [3.8, 4) is 0 Å². The first kappa shape index (κ1) is 32.1. The van der Waals surface area contributed by atoms with Crippen molar-refractivity contribution in [3.05, 3.63) is 100 Å². The second-order valence-corrected chi connectivity index (χ2v) is 13.1. The van der Waals surface area contributed by atoms with Gasteiger partial charge in [-0.25, -0.2) is 22.0 Å². The molecule has 13 heteroatoms. The summed E-state index contributed by atoms with van der Waals surface area (Å²) in [6.45, 7) is 0.862. The van der Waals surface area contributed by atoms with E-state index in [0.29, 0.717) is 24.2 Å². The topological polar surface area (TPSA) is 82.6 Å². The Hall–Kier alpha value is -3.26. The molecule has 1 N–H and O–H groups in total. The molecule has 0 amide bonds. The fourth-order valence-electron chi connectivity index (χ4n) is 5.99. The molecule has 5 rings (SSSR count). The molecule has 2 aliphatic heterocycles. The number of benzene rings is 2. The largest absolute Gasteiger partial charge is 0.314 e. The molecule has 2 fully saturated rings. The summed E-state index contributed by atoms with van der Waals surface area (Å²) in [5.41, 5.74) is 1.21. The number of hydrogen-bond acceptors (Lipinski definition) is 5. The van der Waals surface area contributed by atoms with Gasteiger partial charge >= 0.3 is 0 Å². The molecule has 0 unspecified atom stereocenters. The molecule has 0 aliphatic carbocycles. The maximum Gasteiger partial charge on any atom is 0.282 e. The van der Waals surface area contributed by atoms with Gasteiger partial charge in [0, 0.05) is 69.8 Å². The van der Waals surface area contributed by atoms with Gasteiger partial charge in [-0.2, -0.15) is 17.0 Å². The summed E-state index contributed by atoms with van der Waals surface area (Å²) in [7, 11) is -3.91. The molecule has 2 saturated heterocycles. The van der Waals surface area contributed by atoms with Gasteiger partial charge in [0.05, 0.1) is 6.20 Å². The van der Waals surface area contributed by atoms with Crippen LogP contribution < -0.4 is 5.32 Å². The standard InChI is InChI=1S/C31H33F5N4O3S/c32-23-3-1-20(2-4-23)30(21-11-25(34)14-26(35)12-21)15-28(41)13-22-16-38-18-31(36)29(22)6-5-27-17-37-8-10-40(27)44(42,43)39-9-7-24(33)19-39/h1-4,11-12,14,16,18,24,27,30,37H,5-10,13,15,17,19H2/t24-,27+,30+/m1/s1. The maximum atomic E-state index is 15.1. The third kappa shape index (κ3) is 7.51. The minimum atomic E-state index is -3.91. The van der Waals surface area contributed by atoms with E-state index < -0.39 is 51.6 Å². The van der Waals surface area contributed by atoms with E-state index in [1.807, 2.05) is 0 Å². The van der Waals surface area contributed by atoms with Gasteiger partial charge in [0.1, 0.15) is 35.2 Å². The molecule has 2 aromatic carbocycles. The number of nitrogens with zero attached hydrogens (tertiary/aromatic N) is 3. The van der Waals surface area contributed by atoms with E-state index in [4.69, 9.17) is 0 Å². The molecule has 2 aliphatic rings. The van der Waals surface area contributed by atoms with Crippen LogP contribution in [0.2, 0.25) is 0 Å². The molecular weight excluding hydrogens is 603 g/mol. The normalized spacial score (nSPS) is 20.6. The lowest BCUT2D eigenvalue weighted by Crippen LogP contribution is -2.57. The summed E-state index contributed by atoms with van der Waals surface area (Å²) in [5.74, 6) is -3.95. The predicted octanol–water partition coefficient (Wildman–Crippen LogP) is 4.47. The van der Waals surface area contributed by atoms with Crippen molar-refractivity contribution in [1.82, 2.24) is 18.9 Å². The van der Waals surface area contributed by atoms with Crippen LogP contribution in [0.15, 0.2) is 54.9 Å². The van der Waals surface area contributed by atoms with Crippen LogP contribution >= 0.6 is 0 Å². The number of Topliss-reactive ketones (excluding diaryl/α,β-unsaturated/α-hetero) is 1. The number of carbonyl (C=O) groups is 1. The molecule has 7 nitrogen and oxygen atoms in total. The lowest BCUT2D eigenvalue weighted by Gasteiger charge is -2.37. The van der Waals surface area contributed by atoms with Crippen LogP contribution in [0.4, 0.5) is 22.0 Å². The van der Waals surface area contributed by atoms with Gasteiger partial charge in [-0.05, 0) is 65.8 Å². The Labute approximate surface area is 253 Å². The summed E-state index contributed by atoms with van der Waals surface area (Å²) in [6, 6.07) is 7.71. The summed E-state index contributed by atoms with van der Waals surface area (Å²) < 4.78 is 99.8. The summed E-state index contributed by atoms with van der Waals surface area (Å²) >= 11 is 0. The lowest BCUT2D eigenvalue weighted by atomic mass is 9.85. The Morgan fingerprint density at radius 2 is 1.70 bits per heavy atom. The van der Waals surface area contributed by atoms with Gasteiger partial charge in [-0.3, -0.25) is 9.78 Å². The summed E-state index contributed by atoms with van der Waals surface area (Å²) in [4.78, 5) is 17.3.